The van der Waals surface area contributed by atoms with Gasteiger partial charge in [-0.2, -0.15) is 0 Å². The summed E-state index contributed by atoms with van der Waals surface area (Å²) in [6.45, 7) is 0.905. The number of likely N-dealkylation sites (N-methyl/N-ethyl adjacent to an activating group) is 1. The molecular formula is C16H19N3OS2. The van der Waals surface area contributed by atoms with Crippen LogP contribution in [0.5, 0.6) is 0 Å². The van der Waals surface area contributed by atoms with Crippen molar-refractivity contribution < 1.29 is 4.79 Å². The van der Waals surface area contributed by atoms with Gasteiger partial charge in [-0.1, -0.05) is 12.1 Å². The Bertz CT molecular complexity index is 645. The average Bonchev–Trinajstić information content (AvgIpc) is 3.23. The Morgan fingerprint density at radius 1 is 1.45 bits per heavy atom. The molecule has 1 aliphatic rings. The number of rotatable bonds is 4. The quantitative estimate of drug-likeness (QED) is 0.803. The van der Waals surface area contributed by atoms with Crippen LogP contribution in [0.15, 0.2) is 40.7 Å². The van der Waals surface area contributed by atoms with E-state index in [0.29, 0.717) is 0 Å². The first-order chi connectivity index (χ1) is 10.7. The minimum atomic E-state index is -0.105. The molecule has 1 atom stereocenters. The molecule has 0 N–H and O–H groups in total. The molecule has 1 saturated heterocycles. The van der Waals surface area contributed by atoms with Gasteiger partial charge in [-0.3, -0.25) is 4.79 Å². The Morgan fingerprint density at radius 3 is 3.00 bits per heavy atom. The highest BCUT2D eigenvalue weighted by Gasteiger charge is 2.34. The van der Waals surface area contributed by atoms with Gasteiger partial charge in [-0.05, 0) is 31.2 Å². The van der Waals surface area contributed by atoms with Crippen molar-refractivity contribution in [2.24, 2.45) is 0 Å². The zero-order valence-corrected chi connectivity index (χ0v) is 14.4. The van der Waals surface area contributed by atoms with Crippen molar-refractivity contribution in [1.29, 1.82) is 0 Å². The van der Waals surface area contributed by atoms with Crippen LogP contribution in [0.25, 0.3) is 0 Å². The van der Waals surface area contributed by atoms with Crippen LogP contribution in [0.3, 0.4) is 0 Å². The number of hydrogen-bond acceptors (Lipinski definition) is 5. The third kappa shape index (κ3) is 2.85. The van der Waals surface area contributed by atoms with Gasteiger partial charge < -0.3 is 9.80 Å². The van der Waals surface area contributed by atoms with E-state index in [9.17, 15) is 4.79 Å². The molecule has 3 rings (SSSR count). The molecule has 4 nitrogen and oxygen atoms in total. The van der Waals surface area contributed by atoms with E-state index in [0.717, 1.165) is 35.1 Å². The highest BCUT2D eigenvalue weighted by molar-refractivity contribution is 7.98. The number of thioether (sulfide) groups is 1. The maximum atomic E-state index is 13.0. The molecule has 22 heavy (non-hydrogen) atoms. The lowest BCUT2D eigenvalue weighted by Crippen LogP contribution is -2.44. The van der Waals surface area contributed by atoms with Gasteiger partial charge in [0.15, 0.2) is 5.13 Å². The highest BCUT2D eigenvalue weighted by Crippen LogP contribution is 2.32. The van der Waals surface area contributed by atoms with Crippen molar-refractivity contribution in [3.63, 3.8) is 0 Å². The Balaban J connectivity index is 1.83. The molecular weight excluding hydrogens is 314 g/mol. The maximum Gasteiger partial charge on any atom is 0.249 e. The zero-order chi connectivity index (χ0) is 15.5. The Labute approximate surface area is 139 Å². The Hall–Kier alpha value is -1.53. The number of anilines is 2. The van der Waals surface area contributed by atoms with Gasteiger partial charge in [0.2, 0.25) is 5.91 Å². The lowest BCUT2D eigenvalue weighted by molar-refractivity contribution is -0.119. The van der Waals surface area contributed by atoms with Crippen molar-refractivity contribution in [2.45, 2.75) is 23.8 Å². The number of carbonyl (C=O) groups excluding carboxylic acids is 1. The van der Waals surface area contributed by atoms with Crippen molar-refractivity contribution in [3.05, 3.63) is 35.8 Å². The van der Waals surface area contributed by atoms with Crippen molar-refractivity contribution in [3.8, 4) is 0 Å². The predicted molar refractivity (Wildman–Crippen MR) is 94.1 cm³/mol. The number of amides is 1. The van der Waals surface area contributed by atoms with Gasteiger partial charge >= 0.3 is 0 Å². The molecule has 1 aromatic carbocycles. The van der Waals surface area contributed by atoms with Crippen LogP contribution in [0, 0.1) is 0 Å². The SMILES string of the molecule is CSc1ccccc1N(C)C(=O)[C@H]1CCCN1c1nccs1. The number of para-hydroxylation sites is 1. The number of hydrogen-bond donors (Lipinski definition) is 0. The zero-order valence-electron chi connectivity index (χ0n) is 12.7. The first-order valence-electron chi connectivity index (χ1n) is 7.29. The van der Waals surface area contributed by atoms with E-state index in [1.165, 1.54) is 0 Å². The number of carbonyl (C=O) groups is 1. The van der Waals surface area contributed by atoms with Gasteiger partial charge in [0, 0.05) is 30.1 Å². The summed E-state index contributed by atoms with van der Waals surface area (Å²) in [7, 11) is 1.87. The topological polar surface area (TPSA) is 36.4 Å². The molecule has 1 fully saturated rings. The summed E-state index contributed by atoms with van der Waals surface area (Å²) in [4.78, 5) is 22.4. The molecule has 0 radical (unpaired) electrons. The summed E-state index contributed by atoms with van der Waals surface area (Å²) < 4.78 is 0. The molecule has 2 aromatic rings. The number of aromatic nitrogens is 1. The summed E-state index contributed by atoms with van der Waals surface area (Å²) in [5, 5.41) is 2.91. The maximum absolute atomic E-state index is 13.0. The third-order valence-electron chi connectivity index (χ3n) is 3.98. The fourth-order valence-corrected chi connectivity index (χ4v) is 4.21. The highest BCUT2D eigenvalue weighted by atomic mass is 32.2. The summed E-state index contributed by atoms with van der Waals surface area (Å²) >= 11 is 3.26. The first-order valence-corrected chi connectivity index (χ1v) is 9.39. The molecule has 0 spiro atoms. The van der Waals surface area contributed by atoms with Crippen molar-refractivity contribution >= 4 is 39.8 Å². The van der Waals surface area contributed by atoms with E-state index in [1.807, 2.05) is 36.9 Å². The van der Waals surface area contributed by atoms with Crippen LogP contribution >= 0.6 is 23.1 Å². The van der Waals surface area contributed by atoms with Gasteiger partial charge in [0.25, 0.3) is 0 Å². The Kier molecular flexibility index (Phi) is 4.69. The van der Waals surface area contributed by atoms with E-state index in [1.54, 1.807) is 34.2 Å². The summed E-state index contributed by atoms with van der Waals surface area (Å²) in [5.74, 6) is 0.147. The second kappa shape index (κ2) is 6.71. The predicted octanol–water partition coefficient (Wildman–Crippen LogP) is 3.50. The van der Waals surface area contributed by atoms with Gasteiger partial charge in [-0.15, -0.1) is 23.1 Å². The molecule has 0 aliphatic carbocycles. The summed E-state index contributed by atoms with van der Waals surface area (Å²) in [6, 6.07) is 7.94. The molecule has 2 heterocycles. The van der Waals surface area contributed by atoms with Crippen LogP contribution in [0.2, 0.25) is 0 Å². The van der Waals surface area contributed by atoms with Crippen LogP contribution in [0.4, 0.5) is 10.8 Å². The van der Waals surface area contributed by atoms with Gasteiger partial charge in [-0.25, -0.2) is 4.98 Å². The molecule has 1 aliphatic heterocycles. The van der Waals surface area contributed by atoms with Crippen LogP contribution in [0.1, 0.15) is 12.8 Å². The Morgan fingerprint density at radius 2 is 2.27 bits per heavy atom. The van der Waals surface area contributed by atoms with E-state index < -0.39 is 0 Å². The van der Waals surface area contributed by atoms with Gasteiger partial charge in [0.1, 0.15) is 6.04 Å². The minimum absolute atomic E-state index is 0.105. The molecule has 1 amide bonds. The van der Waals surface area contributed by atoms with Crippen molar-refractivity contribution in [1.82, 2.24) is 4.98 Å². The molecule has 6 heteroatoms. The fraction of sp³-hybridized carbons (Fsp3) is 0.375. The normalized spacial score (nSPS) is 17.7. The number of nitrogens with zero attached hydrogens (tertiary/aromatic N) is 3. The summed E-state index contributed by atoms with van der Waals surface area (Å²) in [5.41, 5.74) is 0.978. The largest absolute Gasteiger partial charge is 0.336 e. The van der Waals surface area contributed by atoms with Crippen LogP contribution in [-0.4, -0.2) is 36.8 Å². The first kappa shape index (κ1) is 15.4. The second-order valence-electron chi connectivity index (χ2n) is 5.24. The number of benzene rings is 1. The van der Waals surface area contributed by atoms with Gasteiger partial charge in [0.05, 0.1) is 5.69 Å². The monoisotopic (exact) mass is 333 g/mol. The molecule has 1 aromatic heterocycles. The molecule has 116 valence electrons. The lowest BCUT2D eigenvalue weighted by Gasteiger charge is -2.28. The van der Waals surface area contributed by atoms with E-state index in [-0.39, 0.29) is 11.9 Å². The van der Waals surface area contributed by atoms with Crippen molar-refractivity contribution in [2.75, 3.05) is 29.6 Å². The fourth-order valence-electron chi connectivity index (χ4n) is 2.86. The third-order valence-corrected chi connectivity index (χ3v) is 5.57. The second-order valence-corrected chi connectivity index (χ2v) is 6.96. The lowest BCUT2D eigenvalue weighted by atomic mass is 10.2. The minimum Gasteiger partial charge on any atom is -0.336 e. The van der Waals surface area contributed by atoms with E-state index >= 15 is 0 Å². The average molecular weight is 333 g/mol. The molecule has 0 bridgehead atoms. The number of thiazole rings is 1. The van der Waals surface area contributed by atoms with E-state index in [4.69, 9.17) is 0 Å². The standard InChI is InChI=1S/C16H19N3OS2/c1-18(12-6-3-4-8-14(12)21-2)15(20)13-7-5-10-19(13)16-17-9-11-22-16/h3-4,6,8-9,11,13H,5,7,10H2,1-2H3/t13-/m1/s1. The van der Waals surface area contributed by atoms with Crippen LogP contribution < -0.4 is 9.80 Å². The molecule has 0 saturated carbocycles. The molecule has 0 unspecified atom stereocenters. The van der Waals surface area contributed by atoms with E-state index in [2.05, 4.69) is 16.0 Å². The smallest absolute Gasteiger partial charge is 0.249 e. The summed E-state index contributed by atoms with van der Waals surface area (Å²) in [6.07, 6.45) is 5.76. The van der Waals surface area contributed by atoms with Crippen LogP contribution in [-0.2, 0) is 4.79 Å².